The summed E-state index contributed by atoms with van der Waals surface area (Å²) in [7, 11) is 0. The molecule has 10 rings (SSSR count). The molecule has 0 radical (unpaired) electrons. The highest BCUT2D eigenvalue weighted by atomic mass is 16.3. The van der Waals surface area contributed by atoms with Crippen LogP contribution in [0.3, 0.4) is 0 Å². The van der Waals surface area contributed by atoms with Crippen LogP contribution in [0.2, 0.25) is 0 Å². The van der Waals surface area contributed by atoms with Crippen LogP contribution < -0.4 is 4.90 Å². The van der Waals surface area contributed by atoms with Crippen molar-refractivity contribution in [2.45, 2.75) is 0 Å². The van der Waals surface area contributed by atoms with Crippen molar-refractivity contribution in [1.82, 2.24) is 4.57 Å². The van der Waals surface area contributed by atoms with Gasteiger partial charge in [-0.05, 0) is 107 Å². The average Bonchev–Trinajstić information content (AvgIpc) is 3.74. The summed E-state index contributed by atoms with van der Waals surface area (Å²) in [5.41, 5.74) is 13.4. The maximum absolute atomic E-state index is 6.18. The van der Waals surface area contributed by atoms with Gasteiger partial charge in [-0.2, -0.15) is 0 Å². The van der Waals surface area contributed by atoms with Gasteiger partial charge in [-0.15, -0.1) is 0 Å². The fourth-order valence-corrected chi connectivity index (χ4v) is 7.54. The number of nitrogens with zero attached hydrogens (tertiary/aromatic N) is 2. The maximum Gasteiger partial charge on any atom is 0.136 e. The first-order chi connectivity index (χ1) is 25.3. The Kier molecular flexibility index (Phi) is 6.81. The van der Waals surface area contributed by atoms with Gasteiger partial charge in [0.05, 0.1) is 11.0 Å². The molecule has 0 aliphatic carbocycles. The van der Waals surface area contributed by atoms with Crippen molar-refractivity contribution in [1.29, 1.82) is 0 Å². The average molecular weight is 653 g/mol. The minimum Gasteiger partial charge on any atom is -0.456 e. The topological polar surface area (TPSA) is 21.3 Å². The summed E-state index contributed by atoms with van der Waals surface area (Å²) in [4.78, 5) is 2.31. The van der Waals surface area contributed by atoms with E-state index < -0.39 is 0 Å². The number of aromatic nitrogens is 1. The lowest BCUT2D eigenvalue weighted by molar-refractivity contribution is 0.669. The second-order valence-corrected chi connectivity index (χ2v) is 13.0. The SMILES string of the molecule is c1ccc(N(c2ccc(-c3ccc4c(c3)oc3ccccc34)cc2)c2ccc(-c3ccc4c(c3)c3ccccc3n4-c3ccccc3)cc2)cc1. The van der Waals surface area contributed by atoms with Gasteiger partial charge in [0.1, 0.15) is 11.2 Å². The van der Waals surface area contributed by atoms with Gasteiger partial charge in [0, 0.05) is 44.3 Å². The Morgan fingerprint density at radius 2 is 0.843 bits per heavy atom. The molecular formula is C48H32N2O. The molecule has 0 aliphatic heterocycles. The molecule has 0 aliphatic rings. The Morgan fingerprint density at radius 1 is 0.333 bits per heavy atom. The van der Waals surface area contributed by atoms with Crippen molar-refractivity contribution in [3.8, 4) is 27.9 Å². The van der Waals surface area contributed by atoms with Gasteiger partial charge < -0.3 is 13.9 Å². The van der Waals surface area contributed by atoms with Crippen LogP contribution in [0.1, 0.15) is 0 Å². The van der Waals surface area contributed by atoms with Crippen LogP contribution in [0.5, 0.6) is 0 Å². The van der Waals surface area contributed by atoms with Gasteiger partial charge >= 0.3 is 0 Å². The van der Waals surface area contributed by atoms with Crippen molar-refractivity contribution in [2.24, 2.45) is 0 Å². The van der Waals surface area contributed by atoms with Gasteiger partial charge in [-0.1, -0.05) is 109 Å². The highest BCUT2D eigenvalue weighted by Gasteiger charge is 2.16. The van der Waals surface area contributed by atoms with E-state index in [9.17, 15) is 0 Å². The molecule has 3 heteroatoms. The van der Waals surface area contributed by atoms with Gasteiger partial charge in [-0.25, -0.2) is 0 Å². The first-order valence-corrected chi connectivity index (χ1v) is 17.3. The number of hydrogen-bond acceptors (Lipinski definition) is 2. The van der Waals surface area contributed by atoms with Crippen LogP contribution in [0, 0.1) is 0 Å². The maximum atomic E-state index is 6.18. The minimum atomic E-state index is 0.907. The molecule has 0 unspecified atom stereocenters. The number of para-hydroxylation sites is 4. The van der Waals surface area contributed by atoms with E-state index in [-0.39, 0.29) is 0 Å². The van der Waals surface area contributed by atoms with Crippen LogP contribution in [0.15, 0.2) is 199 Å². The van der Waals surface area contributed by atoms with Gasteiger partial charge in [0.25, 0.3) is 0 Å². The summed E-state index contributed by atoms with van der Waals surface area (Å²) in [5, 5.41) is 4.80. The first kappa shape index (κ1) is 29.1. The zero-order valence-corrected chi connectivity index (χ0v) is 27.8. The Hall–Kier alpha value is -6.84. The highest BCUT2D eigenvalue weighted by Crippen LogP contribution is 2.39. The molecule has 3 nitrogen and oxygen atoms in total. The summed E-state index contributed by atoms with van der Waals surface area (Å²) in [6.07, 6.45) is 0. The molecule has 0 atom stereocenters. The lowest BCUT2D eigenvalue weighted by atomic mass is 10.0. The number of rotatable bonds is 6. The van der Waals surface area contributed by atoms with Crippen LogP contribution in [-0.2, 0) is 0 Å². The summed E-state index contributed by atoms with van der Waals surface area (Å²) in [6.45, 7) is 0. The van der Waals surface area contributed by atoms with E-state index in [1.54, 1.807) is 0 Å². The normalized spacial score (nSPS) is 11.5. The monoisotopic (exact) mass is 652 g/mol. The lowest BCUT2D eigenvalue weighted by Crippen LogP contribution is -2.09. The third-order valence-electron chi connectivity index (χ3n) is 10.00. The van der Waals surface area contributed by atoms with Crippen LogP contribution >= 0.6 is 0 Å². The van der Waals surface area contributed by atoms with E-state index >= 15 is 0 Å². The Labute approximate surface area is 295 Å². The fourth-order valence-electron chi connectivity index (χ4n) is 7.54. The zero-order chi connectivity index (χ0) is 33.7. The Morgan fingerprint density at radius 3 is 1.57 bits per heavy atom. The molecule has 10 aromatic rings. The van der Waals surface area contributed by atoms with E-state index in [0.29, 0.717) is 0 Å². The van der Waals surface area contributed by atoms with Crippen molar-refractivity contribution >= 4 is 60.8 Å². The quantitative estimate of drug-likeness (QED) is 0.178. The number of hydrogen-bond donors (Lipinski definition) is 0. The third-order valence-corrected chi connectivity index (χ3v) is 10.00. The second-order valence-electron chi connectivity index (χ2n) is 13.0. The van der Waals surface area contributed by atoms with E-state index in [2.05, 4.69) is 191 Å². The predicted octanol–water partition coefficient (Wildman–Crippen LogP) is 13.5. The van der Waals surface area contributed by atoms with Gasteiger partial charge in [0.2, 0.25) is 0 Å². The minimum absolute atomic E-state index is 0.907. The number of fused-ring (bicyclic) bond motifs is 6. The molecule has 0 saturated carbocycles. The van der Waals surface area contributed by atoms with Gasteiger partial charge in [-0.3, -0.25) is 0 Å². The van der Waals surface area contributed by atoms with Crippen LogP contribution in [0.25, 0.3) is 71.7 Å². The molecule has 0 spiro atoms. The Balaban J connectivity index is 1.00. The summed E-state index contributed by atoms with van der Waals surface area (Å²) >= 11 is 0. The number of furan rings is 1. The molecule has 0 N–H and O–H groups in total. The number of benzene rings is 8. The highest BCUT2D eigenvalue weighted by molar-refractivity contribution is 6.10. The van der Waals surface area contributed by atoms with E-state index in [0.717, 1.165) is 50.1 Å². The lowest BCUT2D eigenvalue weighted by Gasteiger charge is -2.26. The Bertz CT molecular complexity index is 2830. The van der Waals surface area contributed by atoms with Crippen molar-refractivity contribution < 1.29 is 4.42 Å². The predicted molar refractivity (Wildman–Crippen MR) is 214 cm³/mol. The molecule has 0 saturated heterocycles. The summed E-state index contributed by atoms with van der Waals surface area (Å²) in [5.74, 6) is 0. The second kappa shape index (κ2) is 11.9. The van der Waals surface area contributed by atoms with Crippen molar-refractivity contribution in [3.63, 3.8) is 0 Å². The van der Waals surface area contributed by atoms with Crippen molar-refractivity contribution in [2.75, 3.05) is 4.90 Å². The van der Waals surface area contributed by atoms with Crippen molar-refractivity contribution in [3.05, 3.63) is 194 Å². The standard InChI is InChI=1S/C48H32N2O/c1-3-11-37(12-4-1)49(40-27-21-34(22-28-40)36-23-29-43-42-16-8-10-18-47(42)51-48(43)32-36)39-25-19-33(20-26-39)35-24-30-46-44(31-35)41-15-7-9-17-45(41)50(46)38-13-5-2-6-14-38/h1-32H. The summed E-state index contributed by atoms with van der Waals surface area (Å²) in [6, 6.07) is 69.1. The molecule has 240 valence electrons. The van der Waals surface area contributed by atoms with E-state index in [1.807, 2.05) is 12.1 Å². The van der Waals surface area contributed by atoms with Crippen LogP contribution in [0.4, 0.5) is 17.1 Å². The third kappa shape index (κ3) is 4.98. The molecule has 0 bridgehead atoms. The molecule has 0 fully saturated rings. The smallest absolute Gasteiger partial charge is 0.136 e. The number of anilines is 3. The zero-order valence-electron chi connectivity index (χ0n) is 27.8. The van der Waals surface area contributed by atoms with Gasteiger partial charge in [0.15, 0.2) is 0 Å². The molecular weight excluding hydrogens is 621 g/mol. The van der Waals surface area contributed by atoms with E-state index in [4.69, 9.17) is 4.42 Å². The largest absolute Gasteiger partial charge is 0.456 e. The molecule has 2 heterocycles. The molecule has 2 aromatic heterocycles. The summed E-state index contributed by atoms with van der Waals surface area (Å²) < 4.78 is 8.54. The first-order valence-electron chi connectivity index (χ1n) is 17.3. The fraction of sp³-hybridized carbons (Fsp3) is 0. The molecule has 0 amide bonds. The molecule has 51 heavy (non-hydrogen) atoms. The molecule has 8 aromatic carbocycles. The van der Waals surface area contributed by atoms with Crippen LogP contribution in [-0.4, -0.2) is 4.57 Å². The van der Waals surface area contributed by atoms with E-state index in [1.165, 1.54) is 38.6 Å².